The third-order valence-electron chi connectivity index (χ3n) is 3.37. The van der Waals surface area contributed by atoms with Crippen molar-refractivity contribution in [1.82, 2.24) is 0 Å². The SMILES string of the molecule is Cc1ccccc1Oc1ccc(CCCCCO)cc1. The Labute approximate surface area is 121 Å². The monoisotopic (exact) mass is 270 g/mol. The fourth-order valence-corrected chi connectivity index (χ4v) is 2.14. The highest BCUT2D eigenvalue weighted by atomic mass is 16.5. The molecule has 2 nitrogen and oxygen atoms in total. The van der Waals surface area contributed by atoms with Crippen molar-refractivity contribution in [2.45, 2.75) is 32.6 Å². The summed E-state index contributed by atoms with van der Waals surface area (Å²) in [6, 6.07) is 16.3. The summed E-state index contributed by atoms with van der Waals surface area (Å²) in [5.74, 6) is 1.78. The van der Waals surface area contributed by atoms with E-state index >= 15 is 0 Å². The van der Waals surface area contributed by atoms with Gasteiger partial charge < -0.3 is 9.84 Å². The lowest BCUT2D eigenvalue weighted by atomic mass is 10.1. The van der Waals surface area contributed by atoms with Gasteiger partial charge in [-0.25, -0.2) is 0 Å². The average molecular weight is 270 g/mol. The zero-order valence-corrected chi connectivity index (χ0v) is 12.0. The first-order valence-corrected chi connectivity index (χ1v) is 7.23. The summed E-state index contributed by atoms with van der Waals surface area (Å²) in [7, 11) is 0. The molecule has 2 aromatic carbocycles. The van der Waals surface area contributed by atoms with Crippen LogP contribution in [0.5, 0.6) is 11.5 Å². The maximum Gasteiger partial charge on any atom is 0.130 e. The number of para-hydroxylation sites is 1. The molecule has 2 heteroatoms. The maximum absolute atomic E-state index is 8.75. The van der Waals surface area contributed by atoms with Crippen molar-refractivity contribution in [3.8, 4) is 11.5 Å². The number of rotatable bonds is 7. The Bertz CT molecular complexity index is 517. The van der Waals surface area contributed by atoms with Gasteiger partial charge in [-0.1, -0.05) is 36.8 Å². The highest BCUT2D eigenvalue weighted by molar-refractivity contribution is 5.37. The first-order valence-electron chi connectivity index (χ1n) is 7.23. The lowest BCUT2D eigenvalue weighted by Crippen LogP contribution is -1.90. The Kier molecular flexibility index (Phi) is 5.63. The molecule has 0 aliphatic carbocycles. The van der Waals surface area contributed by atoms with Crippen LogP contribution < -0.4 is 4.74 Å². The number of aryl methyl sites for hydroxylation is 2. The van der Waals surface area contributed by atoms with Crippen molar-refractivity contribution >= 4 is 0 Å². The second kappa shape index (κ2) is 7.71. The molecular formula is C18H22O2. The van der Waals surface area contributed by atoms with E-state index in [1.54, 1.807) is 0 Å². The lowest BCUT2D eigenvalue weighted by molar-refractivity contribution is 0.283. The molecule has 0 aliphatic heterocycles. The summed E-state index contributed by atoms with van der Waals surface area (Å²) in [5.41, 5.74) is 2.46. The quantitative estimate of drug-likeness (QED) is 0.751. The molecule has 20 heavy (non-hydrogen) atoms. The second-order valence-electron chi connectivity index (χ2n) is 5.05. The highest BCUT2D eigenvalue weighted by Crippen LogP contribution is 2.25. The molecule has 0 aromatic heterocycles. The van der Waals surface area contributed by atoms with E-state index in [0.29, 0.717) is 6.61 Å². The van der Waals surface area contributed by atoms with Crippen LogP contribution in [0.3, 0.4) is 0 Å². The molecule has 2 aromatic rings. The van der Waals surface area contributed by atoms with Crippen LogP contribution in [0.25, 0.3) is 0 Å². The van der Waals surface area contributed by atoms with Gasteiger partial charge in [0.2, 0.25) is 0 Å². The smallest absolute Gasteiger partial charge is 0.130 e. The maximum atomic E-state index is 8.75. The number of unbranched alkanes of at least 4 members (excludes halogenated alkanes) is 2. The molecular weight excluding hydrogens is 248 g/mol. The third kappa shape index (κ3) is 4.39. The molecule has 0 saturated carbocycles. The van der Waals surface area contributed by atoms with Crippen LogP contribution in [0.2, 0.25) is 0 Å². The molecule has 0 atom stereocenters. The van der Waals surface area contributed by atoms with Gasteiger partial charge in [0.15, 0.2) is 0 Å². The van der Waals surface area contributed by atoms with Crippen LogP contribution in [0.15, 0.2) is 48.5 Å². The van der Waals surface area contributed by atoms with E-state index in [1.165, 1.54) is 5.56 Å². The van der Waals surface area contributed by atoms with Crippen LogP contribution in [0.1, 0.15) is 30.4 Å². The molecule has 2 rings (SSSR count). The first-order chi connectivity index (χ1) is 9.79. The Morgan fingerprint density at radius 2 is 1.65 bits per heavy atom. The average Bonchev–Trinajstić information content (AvgIpc) is 2.48. The van der Waals surface area contributed by atoms with Crippen molar-refractivity contribution in [3.63, 3.8) is 0 Å². The molecule has 0 aliphatic rings. The summed E-state index contributed by atoms with van der Waals surface area (Å²) >= 11 is 0. The predicted octanol–water partition coefficient (Wildman–Crippen LogP) is 4.49. The zero-order chi connectivity index (χ0) is 14.2. The lowest BCUT2D eigenvalue weighted by Gasteiger charge is -2.09. The molecule has 1 N–H and O–H groups in total. The summed E-state index contributed by atoms with van der Waals surface area (Å²) in [4.78, 5) is 0. The van der Waals surface area contributed by atoms with E-state index in [4.69, 9.17) is 9.84 Å². The molecule has 106 valence electrons. The van der Waals surface area contributed by atoms with Crippen molar-refractivity contribution in [2.75, 3.05) is 6.61 Å². The second-order valence-corrected chi connectivity index (χ2v) is 5.05. The zero-order valence-electron chi connectivity index (χ0n) is 12.0. The van der Waals surface area contributed by atoms with Gasteiger partial charge in [0.05, 0.1) is 0 Å². The Balaban J connectivity index is 1.90. The summed E-state index contributed by atoms with van der Waals surface area (Å²) < 4.78 is 5.87. The van der Waals surface area contributed by atoms with Crippen LogP contribution in [-0.2, 0) is 6.42 Å². The number of hydrogen-bond acceptors (Lipinski definition) is 2. The minimum atomic E-state index is 0.295. The molecule has 0 radical (unpaired) electrons. The van der Waals surface area contributed by atoms with E-state index in [9.17, 15) is 0 Å². The van der Waals surface area contributed by atoms with E-state index in [0.717, 1.165) is 42.7 Å². The Morgan fingerprint density at radius 3 is 2.35 bits per heavy atom. The summed E-state index contributed by atoms with van der Waals surface area (Å²) in [6.07, 6.45) is 4.16. The van der Waals surface area contributed by atoms with Crippen molar-refractivity contribution < 1.29 is 9.84 Å². The molecule has 0 saturated heterocycles. The van der Waals surface area contributed by atoms with E-state index in [1.807, 2.05) is 43.3 Å². The van der Waals surface area contributed by atoms with Gasteiger partial charge in [-0.15, -0.1) is 0 Å². The predicted molar refractivity (Wildman–Crippen MR) is 82.3 cm³/mol. The minimum Gasteiger partial charge on any atom is -0.457 e. The van der Waals surface area contributed by atoms with Gasteiger partial charge in [-0.05, 0) is 55.5 Å². The van der Waals surface area contributed by atoms with Gasteiger partial charge in [0, 0.05) is 6.61 Å². The van der Waals surface area contributed by atoms with Crippen LogP contribution in [0.4, 0.5) is 0 Å². The van der Waals surface area contributed by atoms with E-state index < -0.39 is 0 Å². The molecule has 0 amide bonds. The fraction of sp³-hybridized carbons (Fsp3) is 0.333. The number of benzene rings is 2. The molecule has 0 fully saturated rings. The van der Waals surface area contributed by atoms with Crippen LogP contribution >= 0.6 is 0 Å². The van der Waals surface area contributed by atoms with Gasteiger partial charge in [-0.3, -0.25) is 0 Å². The third-order valence-corrected chi connectivity index (χ3v) is 3.37. The largest absolute Gasteiger partial charge is 0.457 e. The van der Waals surface area contributed by atoms with E-state index in [2.05, 4.69) is 12.1 Å². The topological polar surface area (TPSA) is 29.5 Å². The van der Waals surface area contributed by atoms with Gasteiger partial charge in [0.25, 0.3) is 0 Å². The summed E-state index contributed by atoms with van der Waals surface area (Å²) in [5, 5.41) is 8.75. The molecule has 0 spiro atoms. The number of aliphatic hydroxyl groups is 1. The highest BCUT2D eigenvalue weighted by Gasteiger charge is 2.00. The standard InChI is InChI=1S/C18H22O2/c1-15-7-4-5-9-18(15)20-17-12-10-16(11-13-17)8-3-2-6-14-19/h4-5,7,9-13,19H,2-3,6,8,14H2,1H3. The van der Waals surface area contributed by atoms with Gasteiger partial charge in [-0.2, -0.15) is 0 Å². The minimum absolute atomic E-state index is 0.295. The van der Waals surface area contributed by atoms with E-state index in [-0.39, 0.29) is 0 Å². The normalized spacial score (nSPS) is 10.5. The Hall–Kier alpha value is -1.80. The molecule has 0 unspecified atom stereocenters. The van der Waals surface area contributed by atoms with Crippen LogP contribution in [0, 0.1) is 6.92 Å². The summed E-state index contributed by atoms with van der Waals surface area (Å²) in [6.45, 7) is 2.34. The number of aliphatic hydroxyl groups excluding tert-OH is 1. The molecule has 0 heterocycles. The van der Waals surface area contributed by atoms with Crippen LogP contribution in [-0.4, -0.2) is 11.7 Å². The first kappa shape index (κ1) is 14.6. The van der Waals surface area contributed by atoms with Crippen molar-refractivity contribution in [2.24, 2.45) is 0 Å². The number of hydrogen-bond donors (Lipinski definition) is 1. The van der Waals surface area contributed by atoms with Crippen molar-refractivity contribution in [1.29, 1.82) is 0 Å². The molecule has 0 bridgehead atoms. The number of ether oxygens (including phenoxy) is 1. The van der Waals surface area contributed by atoms with Crippen molar-refractivity contribution in [3.05, 3.63) is 59.7 Å². The van der Waals surface area contributed by atoms with Gasteiger partial charge in [0.1, 0.15) is 11.5 Å². The van der Waals surface area contributed by atoms with Gasteiger partial charge >= 0.3 is 0 Å². The Morgan fingerprint density at radius 1 is 0.900 bits per heavy atom. The fourth-order valence-electron chi connectivity index (χ4n) is 2.14.